The van der Waals surface area contributed by atoms with Gasteiger partial charge in [-0.1, -0.05) is 340 Å². The van der Waals surface area contributed by atoms with Crippen LogP contribution in [0.3, 0.4) is 0 Å². The Kier molecular flexibility index (Phi) is 15.4. The van der Waals surface area contributed by atoms with Gasteiger partial charge in [0.2, 0.25) is 0 Å². The zero-order valence-corrected chi connectivity index (χ0v) is 50.5. The Bertz CT molecular complexity index is 4780. The highest BCUT2D eigenvalue weighted by Crippen LogP contribution is 2.47. The molecular formula is C90H60O2. The molecule has 12 aromatic carbocycles. The van der Waals surface area contributed by atoms with Gasteiger partial charge in [0, 0.05) is 44.6 Å². The van der Waals surface area contributed by atoms with Crippen LogP contribution in [-0.2, 0) is 9.59 Å². The normalized spacial score (nSPS) is 14.2. The predicted octanol–water partition coefficient (Wildman–Crippen LogP) is 14.1. The maximum absolute atomic E-state index is 15.9. The van der Waals surface area contributed by atoms with Gasteiger partial charge < -0.3 is 0 Å². The second-order valence-corrected chi connectivity index (χ2v) is 23.3. The molecule has 9 aliphatic rings. The van der Waals surface area contributed by atoms with E-state index < -0.39 is 0 Å². The van der Waals surface area contributed by atoms with E-state index in [0.29, 0.717) is 22.3 Å². The van der Waals surface area contributed by atoms with Crippen LogP contribution >= 0.6 is 0 Å². The molecule has 0 radical (unpaired) electrons. The van der Waals surface area contributed by atoms with Crippen molar-refractivity contribution in [2.45, 2.75) is 0 Å². The lowest BCUT2D eigenvalue weighted by atomic mass is 9.91. The molecule has 21 rings (SSSR count). The lowest BCUT2D eigenvalue weighted by Gasteiger charge is -2.12. The second kappa shape index (κ2) is 25.2. The van der Waals surface area contributed by atoms with Crippen LogP contribution in [0, 0.1) is 0 Å². The maximum atomic E-state index is 15.9. The van der Waals surface area contributed by atoms with Gasteiger partial charge in [-0.05, 0) is 133 Å². The van der Waals surface area contributed by atoms with Crippen LogP contribution in [0.4, 0.5) is 0 Å². The van der Waals surface area contributed by atoms with E-state index in [2.05, 4.69) is 315 Å². The third-order valence-corrected chi connectivity index (χ3v) is 17.6. The van der Waals surface area contributed by atoms with Crippen molar-refractivity contribution in [1.29, 1.82) is 0 Å². The van der Waals surface area contributed by atoms with Crippen molar-refractivity contribution in [3.8, 4) is 0 Å². The fourth-order valence-electron chi connectivity index (χ4n) is 13.3. The molecule has 0 spiro atoms. The van der Waals surface area contributed by atoms with Crippen molar-refractivity contribution in [2.75, 3.05) is 0 Å². The Morgan fingerprint density at radius 3 is 0.457 bits per heavy atom. The summed E-state index contributed by atoms with van der Waals surface area (Å²) in [6.07, 6.45) is 9.02. The van der Waals surface area contributed by atoms with Crippen LogP contribution in [0.2, 0.25) is 0 Å². The Morgan fingerprint density at radius 2 is 0.293 bits per heavy atom. The predicted molar refractivity (Wildman–Crippen MR) is 383 cm³/mol. The van der Waals surface area contributed by atoms with Crippen molar-refractivity contribution in [3.05, 3.63) is 426 Å². The molecular weight excluding hydrogens is 1110 g/mol. The number of hydrogen-bond acceptors (Lipinski definition) is 2. The quantitative estimate of drug-likeness (QED) is 0.152. The minimum absolute atomic E-state index is 0.0259. The zero-order chi connectivity index (χ0) is 61.7. The highest BCUT2D eigenvalue weighted by molar-refractivity contribution is 6.62. The molecule has 0 unspecified atom stereocenters. The number of hydrogen-bond donors (Lipinski definition) is 0. The van der Waals surface area contributed by atoms with Crippen LogP contribution in [0.15, 0.2) is 340 Å². The summed E-state index contributed by atoms with van der Waals surface area (Å²) in [6.45, 7) is 0. The largest absolute Gasteiger partial charge is 0.289 e. The SMILES string of the molecule is O=C1C2=c3ccc(cc3)=CC(c3ccccc3)=C(c3ccccc3)C=c3ccc(cc3)=C3C(=O)C(=c4ccc(cc4)=CC(c4ccccc4)=C(c4ccccc4)C=c4ccc(cc4)=C1C(c1ccccc1)=C2c1ccccc1)C(c1ccccc1)=C3c1ccccc1. The van der Waals surface area contributed by atoms with E-state index in [1.54, 1.807) is 0 Å². The molecule has 0 N–H and O–H groups in total. The van der Waals surface area contributed by atoms with Crippen molar-refractivity contribution in [2.24, 2.45) is 0 Å². The minimum atomic E-state index is -0.0259. The van der Waals surface area contributed by atoms with Gasteiger partial charge in [-0.25, -0.2) is 0 Å². The molecule has 12 bridgehead atoms. The van der Waals surface area contributed by atoms with Gasteiger partial charge in [0.05, 0.1) is 0 Å². The number of rotatable bonds is 8. The van der Waals surface area contributed by atoms with Gasteiger partial charge in [0.25, 0.3) is 0 Å². The van der Waals surface area contributed by atoms with Crippen molar-refractivity contribution < 1.29 is 9.59 Å². The molecule has 2 heteroatoms. The maximum Gasteiger partial charge on any atom is 0.195 e. The smallest absolute Gasteiger partial charge is 0.195 e. The van der Waals surface area contributed by atoms with Crippen molar-refractivity contribution in [3.63, 3.8) is 0 Å². The molecule has 0 amide bonds. The number of carbonyl (C=O) groups excluding carboxylic acids is 2. The minimum Gasteiger partial charge on any atom is -0.289 e. The van der Waals surface area contributed by atoms with Crippen LogP contribution < -0.4 is 41.7 Å². The standard InChI is InChI=1S/C90H60O2/c91-89-85-73-49-41-61(42-50-73)57-77(65-25-9-1-10-26-65)78(66-27-11-2-12-28-66)58-62-43-51-74(52-44-62)86-83(71-37-21-7-22-38-71)84(72-39-23-8-24-40-72)88(90(86)92)76-55-47-64(48-56-76)60-80(68-31-15-4-16-32-68)79(67-29-13-3-14-30-67)59-63-45-53-75(54-46-63)87(89)82(70-35-19-6-20-36-70)81(85)69-33-17-5-18-34-69/h1-60H. The first kappa shape index (κ1) is 56.4. The van der Waals surface area contributed by atoms with E-state index >= 15 is 9.59 Å². The lowest BCUT2D eigenvalue weighted by molar-refractivity contribution is -0.109. The Morgan fingerprint density at radius 1 is 0.141 bits per heavy atom. The molecule has 0 heterocycles. The molecule has 2 nitrogen and oxygen atoms in total. The highest BCUT2D eigenvalue weighted by atomic mass is 16.1. The van der Waals surface area contributed by atoms with E-state index in [1.165, 1.54) is 0 Å². The van der Waals surface area contributed by atoms with E-state index in [0.717, 1.165) is 131 Å². The molecule has 9 aliphatic carbocycles. The average Bonchev–Trinajstić information content (AvgIpc) is 1.61. The van der Waals surface area contributed by atoms with E-state index in [9.17, 15) is 0 Å². The summed E-state index contributed by atoms with van der Waals surface area (Å²) in [5, 5.41) is 7.24. The fourth-order valence-corrected chi connectivity index (χ4v) is 13.3. The molecule has 0 fully saturated rings. The van der Waals surface area contributed by atoms with Crippen LogP contribution in [0.5, 0.6) is 0 Å². The molecule has 12 aromatic rings. The van der Waals surface area contributed by atoms with Crippen LogP contribution in [0.25, 0.3) is 91.2 Å². The summed E-state index contributed by atoms with van der Waals surface area (Å²) in [7, 11) is 0. The van der Waals surface area contributed by atoms with Crippen molar-refractivity contribution in [1.82, 2.24) is 0 Å². The number of benzene rings is 12. The highest BCUT2D eigenvalue weighted by Gasteiger charge is 2.36. The molecule has 0 atom stereocenters. The van der Waals surface area contributed by atoms with Gasteiger partial charge in [-0.2, -0.15) is 0 Å². The van der Waals surface area contributed by atoms with Gasteiger partial charge >= 0.3 is 0 Å². The summed E-state index contributed by atoms with van der Waals surface area (Å²) in [4.78, 5) is 31.8. The van der Waals surface area contributed by atoms with E-state index in [-0.39, 0.29) is 11.6 Å². The Labute approximate surface area is 535 Å². The van der Waals surface area contributed by atoms with Crippen LogP contribution in [-0.4, -0.2) is 11.6 Å². The van der Waals surface area contributed by atoms with Gasteiger partial charge in [0.15, 0.2) is 11.6 Å². The molecule has 92 heavy (non-hydrogen) atoms. The molecule has 0 aromatic heterocycles. The number of allylic oxidation sites excluding steroid dienone is 8. The summed E-state index contributed by atoms with van der Waals surface area (Å²) in [5.74, 6) is -0.0517. The number of Topliss-reactive ketones (excluding diaryl/α,β-unsaturated/α-hetero) is 2. The lowest BCUT2D eigenvalue weighted by Crippen LogP contribution is -2.18. The molecule has 0 aliphatic heterocycles. The molecule has 0 saturated carbocycles. The van der Waals surface area contributed by atoms with E-state index in [4.69, 9.17) is 0 Å². The third kappa shape index (κ3) is 11.1. The third-order valence-electron chi connectivity index (χ3n) is 17.6. The van der Waals surface area contributed by atoms with Gasteiger partial charge in [0.1, 0.15) is 0 Å². The molecule has 432 valence electrons. The molecule has 0 saturated heterocycles. The van der Waals surface area contributed by atoms with Crippen LogP contribution in [0.1, 0.15) is 44.5 Å². The monoisotopic (exact) mass is 1170 g/mol. The topological polar surface area (TPSA) is 34.1 Å². The first-order valence-corrected chi connectivity index (χ1v) is 31.3. The summed E-state index contributed by atoms with van der Waals surface area (Å²) in [5.41, 5.74) is 18.4. The summed E-state index contributed by atoms with van der Waals surface area (Å²) < 4.78 is 0. The number of ketones is 2. The van der Waals surface area contributed by atoms with Gasteiger partial charge in [-0.15, -0.1) is 0 Å². The summed E-state index contributed by atoms with van der Waals surface area (Å²) >= 11 is 0. The average molecular weight is 1170 g/mol. The van der Waals surface area contributed by atoms with E-state index in [1.807, 2.05) is 48.5 Å². The summed E-state index contributed by atoms with van der Waals surface area (Å²) in [6, 6.07) is 118. The Balaban J connectivity index is 1.06. The second-order valence-electron chi connectivity index (χ2n) is 23.3. The first-order chi connectivity index (χ1) is 45.5. The first-order valence-electron chi connectivity index (χ1n) is 31.3. The Hall–Kier alpha value is -12.1. The fraction of sp³-hybridized carbons (Fsp3) is 0. The van der Waals surface area contributed by atoms with Crippen molar-refractivity contribution >= 4 is 103 Å². The number of carbonyl (C=O) groups is 2. The van der Waals surface area contributed by atoms with Gasteiger partial charge in [-0.3, -0.25) is 9.59 Å². The zero-order valence-electron chi connectivity index (χ0n) is 50.5.